The molecule has 4 aromatic heterocycles. The summed E-state index contributed by atoms with van der Waals surface area (Å²) in [6.45, 7) is 2.07. The van der Waals surface area contributed by atoms with Crippen LogP contribution in [0, 0.1) is 0 Å². The molecule has 1 unspecified atom stereocenters. The zero-order valence-corrected chi connectivity index (χ0v) is 30.0. The van der Waals surface area contributed by atoms with Crippen LogP contribution in [0.4, 0.5) is 0 Å². The molecule has 284 valence electrons. The molecule has 5 heterocycles. The van der Waals surface area contributed by atoms with Crippen LogP contribution in [0.3, 0.4) is 0 Å². The van der Waals surface area contributed by atoms with Crippen LogP contribution in [0.5, 0.6) is 23.0 Å². The first-order chi connectivity index (χ1) is 27.6. The summed E-state index contributed by atoms with van der Waals surface area (Å²) in [5.41, 5.74) is 1.21. The molecular weight excluding hydrogens is 736 g/mol. The van der Waals surface area contributed by atoms with E-state index in [1.807, 2.05) is 6.92 Å². The third-order valence-corrected chi connectivity index (χ3v) is 9.75. The second-order valence-electron chi connectivity index (χ2n) is 13.5. The van der Waals surface area contributed by atoms with Gasteiger partial charge in [-0.2, -0.15) is 0 Å². The zero-order valence-electron chi connectivity index (χ0n) is 30.0. The van der Waals surface area contributed by atoms with Crippen molar-refractivity contribution in [2.75, 3.05) is 6.61 Å². The van der Waals surface area contributed by atoms with E-state index in [0.717, 1.165) is 5.56 Å². The lowest BCUT2D eigenvalue weighted by atomic mass is 9.95. The minimum absolute atomic E-state index is 0.0138. The van der Waals surface area contributed by atoms with Crippen LogP contribution in [-0.2, 0) is 24.2 Å². The van der Waals surface area contributed by atoms with Gasteiger partial charge in [0.1, 0.15) is 28.4 Å². The minimum atomic E-state index is -1.15. The number of ether oxygens (including phenoxy) is 3. The largest absolute Gasteiger partial charge is 0.508 e. The average molecular weight is 767 g/mol. The van der Waals surface area contributed by atoms with Crippen molar-refractivity contribution in [2.45, 2.75) is 32.7 Å². The van der Waals surface area contributed by atoms with Gasteiger partial charge in [0.25, 0.3) is 0 Å². The lowest BCUT2D eigenvalue weighted by molar-refractivity contribution is -0.0952. The molecule has 0 amide bonds. The van der Waals surface area contributed by atoms with E-state index in [4.69, 9.17) is 31.9 Å². The Labute approximate surface area is 320 Å². The molecule has 0 radical (unpaired) electrons. The van der Waals surface area contributed by atoms with Crippen molar-refractivity contribution < 1.29 is 42.1 Å². The van der Waals surface area contributed by atoms with Crippen LogP contribution >= 0.6 is 0 Å². The van der Waals surface area contributed by atoms with Crippen molar-refractivity contribution in [3.05, 3.63) is 172 Å². The van der Waals surface area contributed by atoms with Crippen LogP contribution < -0.4 is 32.0 Å². The summed E-state index contributed by atoms with van der Waals surface area (Å²) in [7, 11) is 0. The van der Waals surface area contributed by atoms with Crippen molar-refractivity contribution >= 4 is 32.9 Å². The van der Waals surface area contributed by atoms with Gasteiger partial charge in [0.05, 0.1) is 29.7 Å². The molecule has 0 saturated heterocycles. The van der Waals surface area contributed by atoms with Crippen molar-refractivity contribution in [1.29, 1.82) is 0 Å². The predicted octanol–water partition coefficient (Wildman–Crippen LogP) is 7.23. The quantitative estimate of drug-likeness (QED) is 0.140. The van der Waals surface area contributed by atoms with E-state index in [1.54, 1.807) is 60.7 Å². The normalized spacial score (nSPS) is 13.4. The van der Waals surface area contributed by atoms with Gasteiger partial charge in [0.2, 0.25) is 6.29 Å². The molecule has 1 aliphatic heterocycles. The maximum absolute atomic E-state index is 13.8. The van der Waals surface area contributed by atoms with E-state index < -0.39 is 28.8 Å². The second-order valence-corrected chi connectivity index (χ2v) is 13.5. The lowest BCUT2D eigenvalue weighted by Gasteiger charge is -2.28. The van der Waals surface area contributed by atoms with E-state index in [9.17, 15) is 29.4 Å². The van der Waals surface area contributed by atoms with Crippen LogP contribution in [-0.4, -0.2) is 16.8 Å². The zero-order chi connectivity index (χ0) is 39.4. The molecule has 1 atom stereocenters. The van der Waals surface area contributed by atoms with E-state index in [1.165, 1.54) is 36.4 Å². The van der Waals surface area contributed by atoms with Gasteiger partial charge in [-0.05, 0) is 84.1 Å². The standard InChI is InChI=1S/C44H30O13/c1-2-51-34-7-4-8-35-40(34)26(19-38(48)53-35)21-52-44-31-16-25(15-24-18-39(49)56-42-29(24)5-3-6-32(42)46)43(50)57-41(31)30-14-22(9-12-33(30)55-44)13-23-17-37(47)54-36-20-27(45)10-11-28(23)36/h3-12,14,16-20,44-46H,2,13,15,21H2,1H3. The Balaban J connectivity index is 1.14. The lowest BCUT2D eigenvalue weighted by Crippen LogP contribution is -2.21. The van der Waals surface area contributed by atoms with Crippen LogP contribution in [0.2, 0.25) is 0 Å². The molecule has 0 bridgehead atoms. The second kappa shape index (κ2) is 14.0. The number of aromatic hydroxyl groups is 2. The van der Waals surface area contributed by atoms with E-state index in [0.29, 0.717) is 67.7 Å². The number of hydrogen-bond acceptors (Lipinski definition) is 13. The third kappa shape index (κ3) is 6.59. The molecule has 13 nitrogen and oxygen atoms in total. The van der Waals surface area contributed by atoms with Crippen LogP contribution in [0.25, 0.3) is 44.2 Å². The predicted molar refractivity (Wildman–Crippen MR) is 206 cm³/mol. The fourth-order valence-electron chi connectivity index (χ4n) is 7.30. The maximum Gasteiger partial charge on any atom is 0.339 e. The Morgan fingerprint density at radius 3 is 2.25 bits per heavy atom. The van der Waals surface area contributed by atoms with Crippen molar-refractivity contribution in [1.82, 2.24) is 0 Å². The highest BCUT2D eigenvalue weighted by Crippen LogP contribution is 2.44. The van der Waals surface area contributed by atoms with Gasteiger partial charge < -0.3 is 42.1 Å². The van der Waals surface area contributed by atoms with E-state index >= 15 is 0 Å². The Hall–Kier alpha value is -7.38. The highest BCUT2D eigenvalue weighted by atomic mass is 16.7. The summed E-state index contributed by atoms with van der Waals surface area (Å²) in [5, 5.41) is 22.0. The highest BCUT2D eigenvalue weighted by Gasteiger charge is 2.32. The van der Waals surface area contributed by atoms with Crippen LogP contribution in [0.15, 0.2) is 134 Å². The number of phenols is 2. The molecule has 0 fully saturated rings. The molecule has 0 aliphatic carbocycles. The summed E-state index contributed by atoms with van der Waals surface area (Å²) < 4.78 is 40.8. The molecule has 4 aromatic carbocycles. The summed E-state index contributed by atoms with van der Waals surface area (Å²) >= 11 is 0. The topological polar surface area (TPSA) is 189 Å². The van der Waals surface area contributed by atoms with Gasteiger partial charge in [0, 0.05) is 47.0 Å². The molecule has 9 rings (SSSR count). The summed E-state index contributed by atoms with van der Waals surface area (Å²) in [4.78, 5) is 51.4. The Morgan fingerprint density at radius 2 is 1.42 bits per heavy atom. The van der Waals surface area contributed by atoms with Crippen molar-refractivity contribution in [2.24, 2.45) is 0 Å². The molecule has 0 spiro atoms. The van der Waals surface area contributed by atoms with Crippen molar-refractivity contribution in [3.8, 4) is 34.3 Å². The summed E-state index contributed by atoms with van der Waals surface area (Å²) in [5.74, 6) is 0.735. The third-order valence-electron chi connectivity index (χ3n) is 9.75. The fraction of sp³-hybridized carbons (Fsp3) is 0.136. The smallest absolute Gasteiger partial charge is 0.339 e. The van der Waals surface area contributed by atoms with Gasteiger partial charge in [-0.1, -0.05) is 24.3 Å². The van der Waals surface area contributed by atoms with E-state index in [2.05, 4.69) is 0 Å². The monoisotopic (exact) mass is 766 g/mol. The molecule has 13 heteroatoms. The molecule has 0 saturated carbocycles. The maximum atomic E-state index is 13.8. The molecule has 57 heavy (non-hydrogen) atoms. The minimum Gasteiger partial charge on any atom is -0.508 e. The Bertz CT molecular complexity index is 3150. The first kappa shape index (κ1) is 35.3. The molecule has 2 N–H and O–H groups in total. The first-order valence-corrected chi connectivity index (χ1v) is 17.9. The number of fused-ring (bicyclic) bond motifs is 6. The first-order valence-electron chi connectivity index (χ1n) is 17.9. The van der Waals surface area contributed by atoms with Gasteiger partial charge in [0.15, 0.2) is 17.1 Å². The van der Waals surface area contributed by atoms with Gasteiger partial charge in [-0.3, -0.25) is 0 Å². The number of phenolic OH excluding ortho intramolecular Hbond substituents is 2. The number of rotatable bonds is 9. The molecule has 8 aromatic rings. The summed E-state index contributed by atoms with van der Waals surface area (Å²) in [6, 6.07) is 25.2. The van der Waals surface area contributed by atoms with E-state index in [-0.39, 0.29) is 53.4 Å². The van der Waals surface area contributed by atoms with Gasteiger partial charge >= 0.3 is 22.5 Å². The van der Waals surface area contributed by atoms with Crippen LogP contribution in [0.1, 0.15) is 46.6 Å². The molecule has 1 aliphatic rings. The SMILES string of the molecule is CCOc1cccc2oc(=O)cc(COC3Oc4ccc(Cc5cc(=O)oc6cc(O)ccc56)cc4-c4oc(=O)c(Cc5cc(=O)oc6c(O)cccc56)cc43)c12. The highest BCUT2D eigenvalue weighted by molar-refractivity contribution is 5.87. The van der Waals surface area contributed by atoms with Gasteiger partial charge in [-0.15, -0.1) is 0 Å². The fourth-order valence-corrected chi connectivity index (χ4v) is 7.30. The number of benzene rings is 4. The average Bonchev–Trinajstić information content (AvgIpc) is 3.17. The molecular formula is C44H30O13. The van der Waals surface area contributed by atoms with Gasteiger partial charge in [-0.25, -0.2) is 19.2 Å². The Morgan fingerprint density at radius 1 is 0.667 bits per heavy atom. The van der Waals surface area contributed by atoms with Crippen molar-refractivity contribution in [3.63, 3.8) is 0 Å². The number of para-hydroxylation sites is 1. The number of hydrogen-bond donors (Lipinski definition) is 2. The summed E-state index contributed by atoms with van der Waals surface area (Å²) in [6.07, 6.45) is -0.942. The Kier molecular flexibility index (Phi) is 8.70.